The van der Waals surface area contributed by atoms with E-state index >= 15 is 0 Å². The lowest BCUT2D eigenvalue weighted by Crippen LogP contribution is -2.50. The molecule has 1 spiro atoms. The first-order valence-electron chi connectivity index (χ1n) is 10.6. The minimum Gasteiger partial charge on any atom is -0.338 e. The molecular weight excluding hydrogens is 373 g/mol. The number of hydrogen-bond donors (Lipinski definition) is 1. The van der Waals surface area contributed by atoms with Crippen LogP contribution in [0.3, 0.4) is 0 Å². The average molecular weight is 401 g/mol. The molecule has 4 amide bonds. The van der Waals surface area contributed by atoms with Gasteiger partial charge in [0.2, 0.25) is 5.91 Å². The summed E-state index contributed by atoms with van der Waals surface area (Å²) in [6, 6.07) is 5.93. The van der Waals surface area contributed by atoms with Gasteiger partial charge in [0.15, 0.2) is 0 Å². The van der Waals surface area contributed by atoms with Gasteiger partial charge in [0.1, 0.15) is 17.9 Å². The van der Waals surface area contributed by atoms with Crippen LogP contribution in [-0.2, 0) is 16.0 Å². The fraction of sp³-hybridized carbons (Fsp3) is 0.591. The van der Waals surface area contributed by atoms with Gasteiger partial charge in [-0.15, -0.1) is 0 Å². The number of carbonyl (C=O) groups is 3. The first kappa shape index (κ1) is 19.9. The smallest absolute Gasteiger partial charge is 0.325 e. The number of urea groups is 1. The van der Waals surface area contributed by atoms with Crippen LogP contribution in [0.5, 0.6) is 0 Å². The fourth-order valence-electron chi connectivity index (χ4n) is 4.95. The van der Waals surface area contributed by atoms with Crippen molar-refractivity contribution in [1.29, 1.82) is 0 Å². The van der Waals surface area contributed by atoms with Gasteiger partial charge < -0.3 is 10.2 Å². The Labute approximate surface area is 170 Å². The monoisotopic (exact) mass is 401 g/mol. The Morgan fingerprint density at radius 3 is 2.72 bits per heavy atom. The highest BCUT2D eigenvalue weighted by atomic mass is 19.1. The molecule has 156 valence electrons. The number of benzene rings is 1. The van der Waals surface area contributed by atoms with E-state index in [2.05, 4.69) is 12.2 Å². The Kier molecular flexibility index (Phi) is 5.32. The lowest BCUT2D eigenvalue weighted by Gasteiger charge is -2.33. The van der Waals surface area contributed by atoms with Gasteiger partial charge in [0, 0.05) is 12.6 Å². The summed E-state index contributed by atoms with van der Waals surface area (Å²) in [6.07, 6.45) is 5.35. The number of likely N-dealkylation sites (tertiary alicyclic amines) is 1. The van der Waals surface area contributed by atoms with E-state index in [1.54, 1.807) is 11.0 Å². The van der Waals surface area contributed by atoms with E-state index in [0.29, 0.717) is 31.7 Å². The van der Waals surface area contributed by atoms with Gasteiger partial charge in [0.05, 0.1) is 0 Å². The number of rotatable bonds is 4. The number of nitrogens with zero attached hydrogens (tertiary/aromatic N) is 2. The first-order chi connectivity index (χ1) is 13.9. The van der Waals surface area contributed by atoms with Crippen molar-refractivity contribution in [3.8, 4) is 0 Å². The molecule has 1 atom stereocenters. The summed E-state index contributed by atoms with van der Waals surface area (Å²) in [4.78, 5) is 41.3. The Hall–Kier alpha value is -2.44. The Morgan fingerprint density at radius 1 is 1.24 bits per heavy atom. The molecule has 0 radical (unpaired) electrons. The number of nitrogens with one attached hydrogen (secondary N) is 1. The molecule has 0 aromatic heterocycles. The lowest BCUT2D eigenvalue weighted by atomic mass is 9.77. The van der Waals surface area contributed by atoms with Crippen LogP contribution in [0, 0.1) is 11.7 Å². The molecule has 4 rings (SSSR count). The number of amides is 4. The standard InChI is InChI=1S/C22H28FN3O3/c1-15-7-9-22(10-8-15)20(28)26(21(29)24-22)14-19(27)25-11-3-6-18(25)13-16-4-2-5-17(23)12-16/h2,4-5,12,15,18H,3,6-11,13-14H2,1H3,(H,24,29)/t15?,18-,22?/m0/s1. The molecule has 2 saturated heterocycles. The number of imide groups is 1. The molecule has 2 aliphatic heterocycles. The molecule has 29 heavy (non-hydrogen) atoms. The third-order valence-corrected chi connectivity index (χ3v) is 6.72. The SMILES string of the molecule is CC1CCC2(CC1)NC(=O)N(CC(=O)N1CCC[C@H]1Cc1cccc(F)c1)C2=O. The molecule has 1 N–H and O–H groups in total. The minimum absolute atomic E-state index is 0.0328. The molecule has 1 aromatic carbocycles. The van der Waals surface area contributed by atoms with Crippen molar-refractivity contribution in [3.05, 3.63) is 35.6 Å². The molecule has 0 bridgehead atoms. The number of halogens is 1. The van der Waals surface area contributed by atoms with Crippen LogP contribution >= 0.6 is 0 Å². The molecule has 3 aliphatic rings. The van der Waals surface area contributed by atoms with E-state index in [4.69, 9.17) is 0 Å². The topological polar surface area (TPSA) is 69.7 Å². The van der Waals surface area contributed by atoms with Crippen LogP contribution in [0.25, 0.3) is 0 Å². The van der Waals surface area contributed by atoms with Crippen molar-refractivity contribution in [2.24, 2.45) is 5.92 Å². The Morgan fingerprint density at radius 2 is 2.00 bits per heavy atom. The van der Waals surface area contributed by atoms with E-state index < -0.39 is 11.6 Å². The van der Waals surface area contributed by atoms with Crippen molar-refractivity contribution >= 4 is 17.8 Å². The van der Waals surface area contributed by atoms with Crippen LogP contribution in [-0.4, -0.2) is 52.3 Å². The molecule has 2 heterocycles. The fourth-order valence-corrected chi connectivity index (χ4v) is 4.95. The van der Waals surface area contributed by atoms with Crippen LogP contribution in [0.1, 0.15) is 51.0 Å². The molecule has 7 heteroatoms. The van der Waals surface area contributed by atoms with Crippen LogP contribution in [0.4, 0.5) is 9.18 Å². The summed E-state index contributed by atoms with van der Waals surface area (Å²) in [5.74, 6) is -0.212. The van der Waals surface area contributed by atoms with Gasteiger partial charge in [-0.05, 0) is 68.6 Å². The van der Waals surface area contributed by atoms with Crippen molar-refractivity contribution in [2.75, 3.05) is 13.1 Å². The molecule has 0 unspecified atom stereocenters. The highest BCUT2D eigenvalue weighted by molar-refractivity contribution is 6.09. The first-order valence-corrected chi connectivity index (χ1v) is 10.6. The Bertz CT molecular complexity index is 819. The summed E-state index contributed by atoms with van der Waals surface area (Å²) in [6.45, 7) is 2.54. The van der Waals surface area contributed by atoms with Gasteiger partial charge in [0.25, 0.3) is 5.91 Å². The van der Waals surface area contributed by atoms with Crippen LogP contribution in [0.2, 0.25) is 0 Å². The predicted molar refractivity (Wildman–Crippen MR) is 105 cm³/mol. The highest BCUT2D eigenvalue weighted by Gasteiger charge is 2.52. The van der Waals surface area contributed by atoms with Gasteiger partial charge in [-0.2, -0.15) is 0 Å². The van der Waals surface area contributed by atoms with Crippen molar-refractivity contribution < 1.29 is 18.8 Å². The van der Waals surface area contributed by atoms with Crippen molar-refractivity contribution in [1.82, 2.24) is 15.1 Å². The maximum absolute atomic E-state index is 13.5. The predicted octanol–water partition coefficient (Wildman–Crippen LogP) is 2.86. The van der Waals surface area contributed by atoms with E-state index in [1.165, 1.54) is 12.1 Å². The summed E-state index contributed by atoms with van der Waals surface area (Å²) in [5.41, 5.74) is 0.0236. The second-order valence-corrected chi connectivity index (χ2v) is 8.80. The third-order valence-electron chi connectivity index (χ3n) is 6.72. The Balaban J connectivity index is 1.41. The zero-order valence-electron chi connectivity index (χ0n) is 16.8. The van der Waals surface area contributed by atoms with Gasteiger partial charge in [-0.3, -0.25) is 14.5 Å². The van der Waals surface area contributed by atoms with E-state index in [0.717, 1.165) is 36.1 Å². The van der Waals surface area contributed by atoms with E-state index in [-0.39, 0.29) is 30.2 Å². The minimum atomic E-state index is -0.824. The van der Waals surface area contributed by atoms with Crippen molar-refractivity contribution in [3.63, 3.8) is 0 Å². The van der Waals surface area contributed by atoms with Crippen LogP contribution < -0.4 is 5.32 Å². The second-order valence-electron chi connectivity index (χ2n) is 8.80. The van der Waals surface area contributed by atoms with Crippen molar-refractivity contribution in [2.45, 2.75) is 63.5 Å². The third kappa shape index (κ3) is 3.87. The molecule has 6 nitrogen and oxygen atoms in total. The van der Waals surface area contributed by atoms with Gasteiger partial charge in [-0.1, -0.05) is 19.1 Å². The van der Waals surface area contributed by atoms with E-state index in [1.807, 2.05) is 6.07 Å². The normalized spacial score (nSPS) is 29.6. The molecule has 1 aliphatic carbocycles. The van der Waals surface area contributed by atoms with Crippen LogP contribution in [0.15, 0.2) is 24.3 Å². The summed E-state index contributed by atoms with van der Waals surface area (Å²) < 4.78 is 13.5. The molecule has 1 saturated carbocycles. The highest BCUT2D eigenvalue weighted by Crippen LogP contribution is 2.36. The molecular formula is C22H28FN3O3. The quantitative estimate of drug-likeness (QED) is 0.789. The largest absolute Gasteiger partial charge is 0.338 e. The zero-order chi connectivity index (χ0) is 20.6. The average Bonchev–Trinajstić information content (AvgIpc) is 3.23. The number of carbonyl (C=O) groups excluding carboxylic acids is 3. The summed E-state index contributed by atoms with van der Waals surface area (Å²) >= 11 is 0. The van der Waals surface area contributed by atoms with Gasteiger partial charge >= 0.3 is 6.03 Å². The summed E-state index contributed by atoms with van der Waals surface area (Å²) in [7, 11) is 0. The van der Waals surface area contributed by atoms with E-state index in [9.17, 15) is 18.8 Å². The maximum Gasteiger partial charge on any atom is 0.325 e. The summed E-state index contributed by atoms with van der Waals surface area (Å²) in [5, 5.41) is 2.87. The lowest BCUT2D eigenvalue weighted by molar-refractivity contribution is -0.140. The van der Waals surface area contributed by atoms with Gasteiger partial charge in [-0.25, -0.2) is 9.18 Å². The maximum atomic E-state index is 13.5. The molecule has 3 fully saturated rings. The second kappa shape index (κ2) is 7.76. The molecule has 1 aromatic rings. The zero-order valence-corrected chi connectivity index (χ0v) is 16.8. The number of hydrogen-bond acceptors (Lipinski definition) is 3.